The van der Waals surface area contributed by atoms with E-state index in [1.54, 1.807) is 6.92 Å². The molecule has 1 aromatic carbocycles. The summed E-state index contributed by atoms with van der Waals surface area (Å²) in [4.78, 5) is 19.3. The Morgan fingerprint density at radius 1 is 1.25 bits per heavy atom. The van der Waals surface area contributed by atoms with E-state index in [2.05, 4.69) is 30.7 Å². The van der Waals surface area contributed by atoms with Crippen molar-refractivity contribution in [3.8, 4) is 5.75 Å². The first-order valence-electron chi connectivity index (χ1n) is 7.84. The fraction of sp³-hybridized carbons (Fsp3) is 0.389. The summed E-state index contributed by atoms with van der Waals surface area (Å²) in [5, 5.41) is 9.31. The van der Waals surface area contributed by atoms with Gasteiger partial charge in [-0.2, -0.15) is 0 Å². The van der Waals surface area contributed by atoms with Crippen LogP contribution in [0.5, 0.6) is 5.75 Å². The molecule has 0 aliphatic rings. The van der Waals surface area contributed by atoms with Crippen LogP contribution >= 0.6 is 0 Å². The summed E-state index contributed by atoms with van der Waals surface area (Å²) in [5.74, 6) is -0.404. The predicted molar refractivity (Wildman–Crippen MR) is 92.2 cm³/mol. The number of hydrogen-bond acceptors (Lipinski definition) is 5. The van der Waals surface area contributed by atoms with Crippen LogP contribution in [0, 0.1) is 6.92 Å². The van der Waals surface area contributed by atoms with Gasteiger partial charge in [0, 0.05) is 0 Å². The van der Waals surface area contributed by atoms with E-state index in [1.165, 1.54) is 5.56 Å². The molecule has 0 atom stereocenters. The van der Waals surface area contributed by atoms with E-state index in [-0.39, 0.29) is 29.2 Å². The first-order valence-corrected chi connectivity index (χ1v) is 7.84. The number of ether oxygens (including phenoxy) is 1. The molecule has 3 N–H and O–H groups in total. The van der Waals surface area contributed by atoms with Gasteiger partial charge in [-0.1, -0.05) is 32.9 Å². The van der Waals surface area contributed by atoms with Crippen molar-refractivity contribution in [1.29, 1.82) is 0 Å². The molecule has 0 saturated carbocycles. The Morgan fingerprint density at radius 2 is 1.88 bits per heavy atom. The molecule has 0 aliphatic heterocycles. The molecule has 128 valence electrons. The van der Waals surface area contributed by atoms with Crippen molar-refractivity contribution < 1.29 is 14.6 Å². The van der Waals surface area contributed by atoms with Gasteiger partial charge in [0.25, 0.3) is 0 Å². The predicted octanol–water partition coefficient (Wildman–Crippen LogP) is 3.33. The minimum absolute atomic E-state index is 0.0196. The van der Waals surface area contributed by atoms with Crippen LogP contribution in [0.4, 0.5) is 5.95 Å². The number of rotatable bonds is 6. The number of carboxylic acid groups (broad SMARTS) is 1. The zero-order valence-corrected chi connectivity index (χ0v) is 14.5. The van der Waals surface area contributed by atoms with E-state index in [0.29, 0.717) is 11.4 Å². The number of nitrogen functional groups attached to an aromatic ring is 1. The maximum atomic E-state index is 11.4. The summed E-state index contributed by atoms with van der Waals surface area (Å²) in [6, 6.07) is 7.81. The van der Waals surface area contributed by atoms with Crippen molar-refractivity contribution in [2.24, 2.45) is 0 Å². The highest BCUT2D eigenvalue weighted by Gasteiger charge is 2.19. The molecule has 0 radical (unpaired) electrons. The smallest absolute Gasteiger partial charge is 0.339 e. The SMILES string of the molecule is CCC(C)(C)c1ccc(OCc2nc(N)nc(C)c2C(=O)O)cc1. The van der Waals surface area contributed by atoms with Gasteiger partial charge < -0.3 is 15.6 Å². The van der Waals surface area contributed by atoms with Crippen molar-refractivity contribution in [3.63, 3.8) is 0 Å². The van der Waals surface area contributed by atoms with Crippen LogP contribution in [0.3, 0.4) is 0 Å². The van der Waals surface area contributed by atoms with Gasteiger partial charge in [0.05, 0.1) is 11.4 Å². The molecule has 0 saturated heterocycles. The Hall–Kier alpha value is -2.63. The Kier molecular flexibility index (Phi) is 5.07. The van der Waals surface area contributed by atoms with E-state index in [4.69, 9.17) is 10.5 Å². The van der Waals surface area contributed by atoms with Gasteiger partial charge in [-0.05, 0) is 36.5 Å². The zero-order chi connectivity index (χ0) is 17.9. The lowest BCUT2D eigenvalue weighted by Crippen LogP contribution is -2.15. The van der Waals surface area contributed by atoms with Crippen molar-refractivity contribution in [1.82, 2.24) is 9.97 Å². The van der Waals surface area contributed by atoms with Gasteiger partial charge in [-0.15, -0.1) is 0 Å². The summed E-state index contributed by atoms with van der Waals surface area (Å²) >= 11 is 0. The fourth-order valence-corrected chi connectivity index (χ4v) is 2.40. The second kappa shape index (κ2) is 6.86. The van der Waals surface area contributed by atoms with E-state index in [1.807, 2.05) is 24.3 Å². The molecule has 0 unspecified atom stereocenters. The van der Waals surface area contributed by atoms with Crippen molar-refractivity contribution in [2.45, 2.75) is 46.1 Å². The lowest BCUT2D eigenvalue weighted by molar-refractivity contribution is 0.0691. The molecule has 0 spiro atoms. The summed E-state index contributed by atoms with van der Waals surface area (Å²) in [7, 11) is 0. The molecule has 2 rings (SSSR count). The number of aryl methyl sites for hydroxylation is 1. The molecule has 6 nitrogen and oxygen atoms in total. The highest BCUT2D eigenvalue weighted by atomic mass is 16.5. The minimum atomic E-state index is -1.09. The number of anilines is 1. The number of carboxylic acids is 1. The normalized spacial score (nSPS) is 11.3. The number of aromatic carboxylic acids is 1. The fourth-order valence-electron chi connectivity index (χ4n) is 2.40. The highest BCUT2D eigenvalue weighted by molar-refractivity contribution is 5.90. The average molecular weight is 329 g/mol. The molecule has 1 heterocycles. The zero-order valence-electron chi connectivity index (χ0n) is 14.5. The van der Waals surface area contributed by atoms with Crippen LogP contribution in [-0.2, 0) is 12.0 Å². The molecule has 24 heavy (non-hydrogen) atoms. The number of benzene rings is 1. The van der Waals surface area contributed by atoms with Crippen molar-refractivity contribution >= 4 is 11.9 Å². The lowest BCUT2D eigenvalue weighted by Gasteiger charge is -2.23. The molecule has 0 amide bonds. The summed E-state index contributed by atoms with van der Waals surface area (Å²) < 4.78 is 5.69. The van der Waals surface area contributed by atoms with Crippen molar-refractivity contribution in [3.05, 3.63) is 46.8 Å². The van der Waals surface area contributed by atoms with Crippen LogP contribution < -0.4 is 10.5 Å². The second-order valence-corrected chi connectivity index (χ2v) is 6.34. The van der Waals surface area contributed by atoms with Gasteiger partial charge in [-0.25, -0.2) is 14.8 Å². The Labute approximate surface area is 141 Å². The van der Waals surface area contributed by atoms with Gasteiger partial charge in [0.1, 0.15) is 17.9 Å². The molecule has 0 bridgehead atoms. The molecule has 6 heteroatoms. The van der Waals surface area contributed by atoms with Crippen LogP contribution in [0.25, 0.3) is 0 Å². The number of hydrogen-bond donors (Lipinski definition) is 2. The minimum Gasteiger partial charge on any atom is -0.487 e. The lowest BCUT2D eigenvalue weighted by atomic mass is 9.82. The van der Waals surface area contributed by atoms with Crippen LogP contribution in [0.2, 0.25) is 0 Å². The van der Waals surface area contributed by atoms with Gasteiger partial charge in [0.2, 0.25) is 5.95 Å². The third-order valence-electron chi connectivity index (χ3n) is 4.29. The standard InChI is InChI=1S/C18H23N3O3/c1-5-18(3,4)12-6-8-13(9-7-12)24-10-14-15(16(22)23)11(2)20-17(19)21-14/h6-9H,5,10H2,1-4H3,(H,22,23)(H2,19,20,21). The van der Waals surface area contributed by atoms with Crippen LogP contribution in [-0.4, -0.2) is 21.0 Å². The largest absolute Gasteiger partial charge is 0.487 e. The maximum absolute atomic E-state index is 11.4. The first-order chi connectivity index (χ1) is 11.2. The molecule has 2 aromatic rings. The Balaban J connectivity index is 2.18. The topological polar surface area (TPSA) is 98.3 Å². The van der Waals surface area contributed by atoms with Gasteiger partial charge in [0.15, 0.2) is 0 Å². The van der Waals surface area contributed by atoms with E-state index in [0.717, 1.165) is 6.42 Å². The molecular weight excluding hydrogens is 306 g/mol. The number of nitrogens with two attached hydrogens (primary N) is 1. The molecular formula is C18H23N3O3. The number of carbonyl (C=O) groups is 1. The van der Waals surface area contributed by atoms with E-state index in [9.17, 15) is 9.90 Å². The third-order valence-corrected chi connectivity index (χ3v) is 4.29. The number of nitrogens with zero attached hydrogens (tertiary/aromatic N) is 2. The summed E-state index contributed by atoms with van der Waals surface area (Å²) in [6.07, 6.45) is 1.04. The van der Waals surface area contributed by atoms with Gasteiger partial charge >= 0.3 is 5.97 Å². The summed E-state index contributed by atoms with van der Waals surface area (Å²) in [5.41, 5.74) is 7.57. The molecule has 1 aromatic heterocycles. The molecule has 0 fully saturated rings. The van der Waals surface area contributed by atoms with Crippen LogP contribution in [0.1, 0.15) is 54.5 Å². The molecule has 0 aliphatic carbocycles. The van der Waals surface area contributed by atoms with E-state index >= 15 is 0 Å². The highest BCUT2D eigenvalue weighted by Crippen LogP contribution is 2.28. The quantitative estimate of drug-likeness (QED) is 0.843. The van der Waals surface area contributed by atoms with Crippen molar-refractivity contribution in [2.75, 3.05) is 5.73 Å². The monoisotopic (exact) mass is 329 g/mol. The Bertz CT molecular complexity index is 740. The maximum Gasteiger partial charge on any atom is 0.339 e. The summed E-state index contributed by atoms with van der Waals surface area (Å²) in [6.45, 7) is 8.14. The number of aromatic nitrogens is 2. The van der Waals surface area contributed by atoms with E-state index < -0.39 is 5.97 Å². The van der Waals surface area contributed by atoms with Crippen LogP contribution in [0.15, 0.2) is 24.3 Å². The second-order valence-electron chi connectivity index (χ2n) is 6.34. The van der Waals surface area contributed by atoms with Gasteiger partial charge in [-0.3, -0.25) is 0 Å². The Morgan fingerprint density at radius 3 is 2.42 bits per heavy atom. The third kappa shape index (κ3) is 3.82. The first kappa shape index (κ1) is 17.7. The average Bonchev–Trinajstić information content (AvgIpc) is 2.52.